The van der Waals surface area contributed by atoms with Crippen LogP contribution in [-0.2, 0) is 4.79 Å². The molecule has 2 N–H and O–H groups in total. The van der Waals surface area contributed by atoms with Crippen LogP contribution in [0.3, 0.4) is 0 Å². The Morgan fingerprint density at radius 1 is 1.26 bits per heavy atom. The number of carboxylic acid groups (broad SMARTS) is 1. The Labute approximate surface area is 119 Å². The second-order valence-corrected chi connectivity index (χ2v) is 6.62. The third-order valence-corrected chi connectivity index (χ3v) is 4.31. The van der Waals surface area contributed by atoms with E-state index in [2.05, 4.69) is 19.2 Å². The summed E-state index contributed by atoms with van der Waals surface area (Å²) in [6.07, 6.45) is 3.10. The van der Waals surface area contributed by atoms with E-state index < -0.39 is 11.5 Å². The van der Waals surface area contributed by atoms with Crippen LogP contribution >= 0.6 is 11.6 Å². The van der Waals surface area contributed by atoms with Crippen molar-refractivity contribution in [1.29, 1.82) is 0 Å². The Hall–Kier alpha value is -1.22. The van der Waals surface area contributed by atoms with Gasteiger partial charge in [0.1, 0.15) is 5.54 Å². The van der Waals surface area contributed by atoms with E-state index in [1.807, 2.05) is 12.1 Å². The molecule has 0 radical (unpaired) electrons. The molecule has 2 rings (SSSR count). The highest BCUT2D eigenvalue weighted by molar-refractivity contribution is 6.30. The monoisotopic (exact) mass is 281 g/mol. The van der Waals surface area contributed by atoms with E-state index in [9.17, 15) is 9.90 Å². The van der Waals surface area contributed by atoms with E-state index in [1.54, 1.807) is 12.1 Å². The number of carbonyl (C=O) groups is 1. The first-order valence-electron chi connectivity index (χ1n) is 6.60. The number of anilines is 1. The number of halogens is 1. The first-order valence-corrected chi connectivity index (χ1v) is 6.98. The van der Waals surface area contributed by atoms with Crippen molar-refractivity contribution in [3.63, 3.8) is 0 Å². The third-order valence-electron chi connectivity index (χ3n) is 4.07. The minimum atomic E-state index is -0.861. The van der Waals surface area contributed by atoms with Crippen LogP contribution in [0.1, 0.15) is 39.5 Å². The molecule has 0 atom stereocenters. The molecule has 1 aliphatic carbocycles. The van der Waals surface area contributed by atoms with Crippen molar-refractivity contribution in [2.75, 3.05) is 5.32 Å². The Balaban J connectivity index is 2.20. The van der Waals surface area contributed by atoms with Gasteiger partial charge in [-0.05, 0) is 49.3 Å². The topological polar surface area (TPSA) is 49.3 Å². The molecule has 1 saturated carbocycles. The quantitative estimate of drug-likeness (QED) is 0.874. The first kappa shape index (κ1) is 14.2. The number of benzene rings is 1. The van der Waals surface area contributed by atoms with E-state index >= 15 is 0 Å². The minimum absolute atomic E-state index is 0.231. The van der Waals surface area contributed by atoms with Gasteiger partial charge in [0.05, 0.1) is 0 Å². The molecule has 4 heteroatoms. The highest BCUT2D eigenvalue weighted by atomic mass is 35.5. The van der Waals surface area contributed by atoms with E-state index in [-0.39, 0.29) is 5.41 Å². The van der Waals surface area contributed by atoms with Crippen molar-refractivity contribution in [3.05, 3.63) is 29.3 Å². The Kier molecular flexibility index (Phi) is 3.77. The highest BCUT2D eigenvalue weighted by Crippen LogP contribution is 2.42. The van der Waals surface area contributed by atoms with Crippen molar-refractivity contribution in [3.8, 4) is 0 Å². The van der Waals surface area contributed by atoms with Gasteiger partial charge in [-0.25, -0.2) is 4.79 Å². The Morgan fingerprint density at radius 2 is 1.89 bits per heavy atom. The van der Waals surface area contributed by atoms with Gasteiger partial charge in [0.25, 0.3) is 0 Å². The molecule has 0 aromatic heterocycles. The van der Waals surface area contributed by atoms with E-state index in [0.29, 0.717) is 17.9 Å². The molecule has 1 aromatic rings. The predicted octanol–water partition coefficient (Wildman–Crippen LogP) is 4.18. The number of hydrogen-bond acceptors (Lipinski definition) is 2. The van der Waals surface area contributed by atoms with Crippen LogP contribution < -0.4 is 5.32 Å². The molecule has 19 heavy (non-hydrogen) atoms. The second-order valence-electron chi connectivity index (χ2n) is 6.19. The number of nitrogens with one attached hydrogen (secondary N) is 1. The molecule has 0 bridgehead atoms. The fourth-order valence-electron chi connectivity index (χ4n) is 2.59. The highest BCUT2D eigenvalue weighted by Gasteiger charge is 2.44. The van der Waals surface area contributed by atoms with Crippen LogP contribution in [0, 0.1) is 5.41 Å². The maximum Gasteiger partial charge on any atom is 0.329 e. The molecule has 104 valence electrons. The molecule has 0 spiro atoms. The predicted molar refractivity (Wildman–Crippen MR) is 77.7 cm³/mol. The van der Waals surface area contributed by atoms with Crippen LogP contribution in [0.2, 0.25) is 5.02 Å². The first-order chi connectivity index (χ1) is 8.83. The molecule has 1 aromatic carbocycles. The smallest absolute Gasteiger partial charge is 0.329 e. The van der Waals surface area contributed by atoms with Gasteiger partial charge >= 0.3 is 5.97 Å². The second kappa shape index (κ2) is 5.04. The average Bonchev–Trinajstić information content (AvgIpc) is 2.32. The zero-order valence-electron chi connectivity index (χ0n) is 11.4. The molecule has 1 fully saturated rings. The number of carboxylic acids is 1. The SMILES string of the molecule is CC1(C)CCC(Nc2cccc(Cl)c2)(C(=O)O)CC1. The average molecular weight is 282 g/mol. The van der Waals surface area contributed by atoms with Crippen LogP contribution in [-0.4, -0.2) is 16.6 Å². The zero-order chi connectivity index (χ0) is 14.1. The Bertz CT molecular complexity index is 475. The van der Waals surface area contributed by atoms with Gasteiger partial charge in [-0.3, -0.25) is 0 Å². The lowest BCUT2D eigenvalue weighted by molar-refractivity contribution is -0.144. The minimum Gasteiger partial charge on any atom is -0.480 e. The molecular weight excluding hydrogens is 262 g/mol. The zero-order valence-corrected chi connectivity index (χ0v) is 12.1. The summed E-state index contributed by atoms with van der Waals surface area (Å²) in [4.78, 5) is 11.7. The van der Waals surface area contributed by atoms with Crippen LogP contribution in [0.15, 0.2) is 24.3 Å². The number of rotatable bonds is 3. The summed E-state index contributed by atoms with van der Waals surface area (Å²) in [7, 11) is 0. The number of aliphatic carboxylic acids is 1. The van der Waals surface area contributed by atoms with Crippen molar-refractivity contribution in [2.24, 2.45) is 5.41 Å². The van der Waals surface area contributed by atoms with Crippen molar-refractivity contribution in [1.82, 2.24) is 0 Å². The van der Waals surface area contributed by atoms with E-state index in [4.69, 9.17) is 11.6 Å². The lowest BCUT2D eigenvalue weighted by Gasteiger charge is -2.41. The van der Waals surface area contributed by atoms with Crippen molar-refractivity contribution in [2.45, 2.75) is 45.1 Å². The van der Waals surface area contributed by atoms with Crippen LogP contribution in [0.5, 0.6) is 0 Å². The normalized spacial score (nSPS) is 20.8. The van der Waals surface area contributed by atoms with Gasteiger partial charge in [-0.2, -0.15) is 0 Å². The van der Waals surface area contributed by atoms with Gasteiger partial charge < -0.3 is 10.4 Å². The molecular formula is C15H20ClNO2. The van der Waals surface area contributed by atoms with Crippen LogP contribution in [0.4, 0.5) is 5.69 Å². The summed E-state index contributed by atoms with van der Waals surface area (Å²) in [5.74, 6) is -0.775. The summed E-state index contributed by atoms with van der Waals surface area (Å²) in [5.41, 5.74) is 0.143. The van der Waals surface area contributed by atoms with E-state index in [1.165, 1.54) is 0 Å². The molecule has 0 saturated heterocycles. The third kappa shape index (κ3) is 3.21. The summed E-state index contributed by atoms with van der Waals surface area (Å²) in [6.45, 7) is 4.39. The van der Waals surface area contributed by atoms with Crippen molar-refractivity contribution < 1.29 is 9.90 Å². The molecule has 0 heterocycles. The van der Waals surface area contributed by atoms with Crippen LogP contribution in [0.25, 0.3) is 0 Å². The molecule has 3 nitrogen and oxygen atoms in total. The van der Waals surface area contributed by atoms with E-state index in [0.717, 1.165) is 18.5 Å². The summed E-state index contributed by atoms with van der Waals surface area (Å²) < 4.78 is 0. The Morgan fingerprint density at radius 3 is 2.42 bits per heavy atom. The lowest BCUT2D eigenvalue weighted by Crippen LogP contribution is -2.50. The fraction of sp³-hybridized carbons (Fsp3) is 0.533. The van der Waals surface area contributed by atoms with Gasteiger partial charge in [0.15, 0.2) is 0 Å². The summed E-state index contributed by atoms with van der Waals surface area (Å²) in [5, 5.41) is 13.4. The van der Waals surface area contributed by atoms with Gasteiger partial charge in [-0.1, -0.05) is 31.5 Å². The summed E-state index contributed by atoms with van der Waals surface area (Å²) >= 11 is 5.95. The van der Waals surface area contributed by atoms with Gasteiger partial charge in [0, 0.05) is 10.7 Å². The molecule has 0 amide bonds. The standard InChI is InChI=1S/C15H20ClNO2/c1-14(2)6-8-15(9-7-14,13(18)19)17-12-5-3-4-11(16)10-12/h3-5,10,17H,6-9H2,1-2H3,(H,18,19). The lowest BCUT2D eigenvalue weighted by atomic mass is 9.69. The van der Waals surface area contributed by atoms with Gasteiger partial charge in [-0.15, -0.1) is 0 Å². The van der Waals surface area contributed by atoms with Gasteiger partial charge in [0.2, 0.25) is 0 Å². The largest absolute Gasteiger partial charge is 0.480 e. The summed E-state index contributed by atoms with van der Waals surface area (Å²) in [6, 6.07) is 7.24. The maximum atomic E-state index is 11.7. The maximum absolute atomic E-state index is 11.7. The molecule has 1 aliphatic rings. The fourth-order valence-corrected chi connectivity index (χ4v) is 2.78. The van der Waals surface area contributed by atoms with Crippen molar-refractivity contribution >= 4 is 23.3 Å². The number of hydrogen-bond donors (Lipinski definition) is 2. The molecule has 0 aliphatic heterocycles. The molecule has 0 unspecified atom stereocenters.